The first kappa shape index (κ1) is 17.7. The Labute approximate surface area is 142 Å². The summed E-state index contributed by atoms with van der Waals surface area (Å²) in [6.45, 7) is 5.71. The molecular weight excluding hydrogens is 306 g/mol. The molecule has 0 heterocycles. The topological polar surface area (TPSA) is 56.8 Å². The zero-order chi connectivity index (χ0) is 17.7. The highest BCUT2D eigenvalue weighted by molar-refractivity contribution is 5.94. The van der Waals surface area contributed by atoms with E-state index in [1.54, 1.807) is 39.3 Å². The van der Waals surface area contributed by atoms with Crippen molar-refractivity contribution in [3.05, 3.63) is 47.5 Å². The lowest BCUT2D eigenvalue weighted by Gasteiger charge is -2.17. The van der Waals surface area contributed by atoms with Crippen LogP contribution in [0.5, 0.6) is 17.2 Å². The number of benzene rings is 2. The van der Waals surface area contributed by atoms with Crippen LogP contribution in [0.2, 0.25) is 0 Å². The quantitative estimate of drug-likeness (QED) is 0.877. The minimum Gasteiger partial charge on any atom is -0.493 e. The lowest BCUT2D eigenvalue weighted by atomic mass is 10.1. The Morgan fingerprint density at radius 1 is 1.00 bits per heavy atom. The fourth-order valence-electron chi connectivity index (χ4n) is 2.25. The van der Waals surface area contributed by atoms with Gasteiger partial charge in [0.05, 0.1) is 14.2 Å². The van der Waals surface area contributed by atoms with Crippen LogP contribution in [0.3, 0.4) is 0 Å². The van der Waals surface area contributed by atoms with Gasteiger partial charge in [-0.15, -0.1) is 0 Å². The number of amides is 1. The monoisotopic (exact) mass is 329 g/mol. The third kappa shape index (κ3) is 3.98. The number of hydrogen-bond acceptors (Lipinski definition) is 4. The van der Waals surface area contributed by atoms with Crippen molar-refractivity contribution in [2.45, 2.75) is 26.9 Å². The van der Waals surface area contributed by atoms with Gasteiger partial charge in [0.2, 0.25) is 0 Å². The number of methoxy groups -OCH3 is 2. The predicted octanol–water partition coefficient (Wildman–Crippen LogP) is 3.73. The van der Waals surface area contributed by atoms with Gasteiger partial charge < -0.3 is 19.5 Å². The summed E-state index contributed by atoms with van der Waals surface area (Å²) in [5, 5.41) is 2.82. The molecule has 0 bridgehead atoms. The second-order valence-corrected chi connectivity index (χ2v) is 5.52. The van der Waals surface area contributed by atoms with Crippen molar-refractivity contribution >= 4 is 11.6 Å². The zero-order valence-electron chi connectivity index (χ0n) is 14.7. The molecule has 1 unspecified atom stereocenters. The van der Waals surface area contributed by atoms with Crippen molar-refractivity contribution < 1.29 is 19.0 Å². The molecular formula is C19H23NO4. The maximum Gasteiger partial charge on any atom is 0.265 e. The van der Waals surface area contributed by atoms with E-state index in [-0.39, 0.29) is 5.91 Å². The molecule has 1 atom stereocenters. The molecule has 0 aliphatic rings. The van der Waals surface area contributed by atoms with Crippen molar-refractivity contribution in [1.29, 1.82) is 0 Å². The van der Waals surface area contributed by atoms with Gasteiger partial charge in [0, 0.05) is 11.8 Å². The van der Waals surface area contributed by atoms with E-state index in [4.69, 9.17) is 14.2 Å². The fraction of sp³-hybridized carbons (Fsp3) is 0.316. The lowest BCUT2D eigenvalue weighted by molar-refractivity contribution is -0.122. The summed E-state index contributed by atoms with van der Waals surface area (Å²) in [5.41, 5.74) is 2.78. The molecule has 0 aromatic heterocycles. The summed E-state index contributed by atoms with van der Waals surface area (Å²) >= 11 is 0. The molecule has 0 saturated heterocycles. The van der Waals surface area contributed by atoms with E-state index in [9.17, 15) is 4.79 Å². The van der Waals surface area contributed by atoms with Crippen LogP contribution in [-0.2, 0) is 4.79 Å². The number of carbonyl (C=O) groups is 1. The average molecular weight is 329 g/mol. The molecule has 2 aromatic carbocycles. The highest BCUT2D eigenvalue weighted by atomic mass is 16.5. The Kier molecular flexibility index (Phi) is 5.68. The Bertz CT molecular complexity index is 727. The number of hydrogen-bond donors (Lipinski definition) is 1. The Morgan fingerprint density at radius 3 is 2.38 bits per heavy atom. The van der Waals surface area contributed by atoms with E-state index < -0.39 is 6.10 Å². The summed E-state index contributed by atoms with van der Waals surface area (Å²) in [7, 11) is 3.12. The highest BCUT2D eigenvalue weighted by Gasteiger charge is 2.17. The summed E-state index contributed by atoms with van der Waals surface area (Å²) in [4.78, 5) is 12.4. The van der Waals surface area contributed by atoms with Crippen molar-refractivity contribution in [3.8, 4) is 17.2 Å². The Balaban J connectivity index is 2.07. The summed E-state index contributed by atoms with van der Waals surface area (Å²) < 4.78 is 16.2. The second kappa shape index (κ2) is 7.73. The number of rotatable bonds is 6. The first-order valence-corrected chi connectivity index (χ1v) is 7.72. The Morgan fingerprint density at radius 2 is 1.71 bits per heavy atom. The summed E-state index contributed by atoms with van der Waals surface area (Å²) in [6.07, 6.45) is -0.626. The van der Waals surface area contributed by atoms with Crippen molar-refractivity contribution in [1.82, 2.24) is 0 Å². The fourth-order valence-corrected chi connectivity index (χ4v) is 2.25. The number of nitrogens with one attached hydrogen (secondary N) is 1. The molecule has 0 radical (unpaired) electrons. The summed E-state index contributed by atoms with van der Waals surface area (Å²) in [6, 6.07) is 11.0. The molecule has 24 heavy (non-hydrogen) atoms. The standard InChI is InChI=1S/C19H23NO4/c1-12-7-6-8-16(13(12)2)24-14(3)19(21)20-15-9-10-17(22-4)18(11-15)23-5/h6-11,14H,1-5H3,(H,20,21). The van der Waals surface area contributed by atoms with Crippen LogP contribution in [0.4, 0.5) is 5.69 Å². The van der Waals surface area contributed by atoms with Gasteiger partial charge in [-0.2, -0.15) is 0 Å². The zero-order valence-corrected chi connectivity index (χ0v) is 14.7. The molecule has 0 spiro atoms. The first-order valence-electron chi connectivity index (χ1n) is 7.72. The number of anilines is 1. The normalized spacial score (nSPS) is 11.5. The lowest BCUT2D eigenvalue weighted by Crippen LogP contribution is -2.30. The van der Waals surface area contributed by atoms with E-state index in [0.29, 0.717) is 22.9 Å². The van der Waals surface area contributed by atoms with Crippen LogP contribution in [0, 0.1) is 13.8 Å². The molecule has 1 amide bonds. The molecule has 0 aliphatic carbocycles. The van der Waals surface area contributed by atoms with Crippen LogP contribution in [0.15, 0.2) is 36.4 Å². The van der Waals surface area contributed by atoms with E-state index in [1.165, 1.54) is 0 Å². The Hall–Kier alpha value is -2.69. The number of ether oxygens (including phenoxy) is 3. The third-order valence-corrected chi connectivity index (χ3v) is 3.88. The van der Waals surface area contributed by atoms with Crippen LogP contribution < -0.4 is 19.5 Å². The maximum absolute atomic E-state index is 12.4. The molecule has 5 heteroatoms. The average Bonchev–Trinajstić information content (AvgIpc) is 2.58. The van der Waals surface area contributed by atoms with E-state index in [1.807, 2.05) is 32.0 Å². The van der Waals surface area contributed by atoms with Gasteiger partial charge in [-0.3, -0.25) is 4.79 Å². The van der Waals surface area contributed by atoms with Gasteiger partial charge in [-0.05, 0) is 50.1 Å². The molecule has 2 rings (SSSR count). The number of aryl methyl sites for hydroxylation is 1. The smallest absolute Gasteiger partial charge is 0.265 e. The van der Waals surface area contributed by atoms with E-state index in [2.05, 4.69) is 5.32 Å². The van der Waals surface area contributed by atoms with E-state index >= 15 is 0 Å². The highest BCUT2D eigenvalue weighted by Crippen LogP contribution is 2.30. The molecule has 0 saturated carbocycles. The molecule has 128 valence electrons. The van der Waals surface area contributed by atoms with Crippen LogP contribution in [0.1, 0.15) is 18.1 Å². The first-order chi connectivity index (χ1) is 11.5. The second-order valence-electron chi connectivity index (χ2n) is 5.52. The third-order valence-electron chi connectivity index (χ3n) is 3.88. The van der Waals surface area contributed by atoms with E-state index in [0.717, 1.165) is 11.1 Å². The molecule has 0 aliphatic heterocycles. The number of carbonyl (C=O) groups excluding carboxylic acids is 1. The van der Waals surface area contributed by atoms with Crippen LogP contribution in [0.25, 0.3) is 0 Å². The van der Waals surface area contributed by atoms with Crippen molar-refractivity contribution in [2.75, 3.05) is 19.5 Å². The largest absolute Gasteiger partial charge is 0.493 e. The van der Waals surface area contributed by atoms with Crippen LogP contribution >= 0.6 is 0 Å². The van der Waals surface area contributed by atoms with Crippen molar-refractivity contribution in [2.24, 2.45) is 0 Å². The molecule has 2 aromatic rings. The minimum absolute atomic E-state index is 0.233. The van der Waals surface area contributed by atoms with Gasteiger partial charge in [0.25, 0.3) is 5.91 Å². The maximum atomic E-state index is 12.4. The minimum atomic E-state index is -0.626. The SMILES string of the molecule is COc1ccc(NC(=O)C(C)Oc2cccc(C)c2C)cc1OC. The summed E-state index contributed by atoms with van der Waals surface area (Å²) in [5.74, 6) is 1.64. The van der Waals surface area contributed by atoms with Crippen molar-refractivity contribution in [3.63, 3.8) is 0 Å². The van der Waals surface area contributed by atoms with Gasteiger partial charge in [-0.1, -0.05) is 12.1 Å². The van der Waals surface area contributed by atoms with Gasteiger partial charge in [-0.25, -0.2) is 0 Å². The predicted molar refractivity (Wildman–Crippen MR) is 94.2 cm³/mol. The molecule has 0 fully saturated rings. The molecule has 1 N–H and O–H groups in total. The van der Waals surface area contributed by atoms with Gasteiger partial charge in [0.1, 0.15) is 5.75 Å². The van der Waals surface area contributed by atoms with Gasteiger partial charge in [0.15, 0.2) is 17.6 Å². The van der Waals surface area contributed by atoms with Gasteiger partial charge >= 0.3 is 0 Å². The molecule has 5 nitrogen and oxygen atoms in total. The van der Waals surface area contributed by atoms with Crippen LogP contribution in [-0.4, -0.2) is 26.2 Å².